The number of hydrogen-bond acceptors (Lipinski definition) is 4. The summed E-state index contributed by atoms with van der Waals surface area (Å²) in [4.78, 5) is 11.5. The maximum Gasteiger partial charge on any atom is 0.338 e. The normalized spacial score (nSPS) is 16.3. The Kier molecular flexibility index (Phi) is 4.60. The van der Waals surface area contributed by atoms with Gasteiger partial charge < -0.3 is 14.2 Å². The average Bonchev–Trinajstić information content (AvgIpc) is 2.38. The molecule has 4 nitrogen and oxygen atoms in total. The van der Waals surface area contributed by atoms with Crippen molar-refractivity contribution in [2.75, 3.05) is 20.3 Å². The molecule has 1 fully saturated rings. The van der Waals surface area contributed by atoms with Crippen LogP contribution in [0.2, 0.25) is 0 Å². The van der Waals surface area contributed by atoms with Crippen molar-refractivity contribution < 1.29 is 19.0 Å². The Hall–Kier alpha value is -1.07. The maximum absolute atomic E-state index is 11.5. The van der Waals surface area contributed by atoms with Crippen molar-refractivity contribution in [1.29, 1.82) is 0 Å². The summed E-state index contributed by atoms with van der Waals surface area (Å²) in [6.07, 6.45) is 1.90. The summed E-state index contributed by atoms with van der Waals surface area (Å²) in [6, 6.07) is 5.26. The van der Waals surface area contributed by atoms with E-state index in [2.05, 4.69) is 15.9 Å². The third-order valence-corrected chi connectivity index (χ3v) is 3.22. The highest BCUT2D eigenvalue weighted by atomic mass is 79.9. The molecule has 1 heterocycles. The Labute approximate surface area is 114 Å². The first kappa shape index (κ1) is 13.4. The van der Waals surface area contributed by atoms with Crippen molar-refractivity contribution in [3.8, 4) is 5.75 Å². The largest absolute Gasteiger partial charge is 0.490 e. The van der Waals surface area contributed by atoms with E-state index in [0.717, 1.165) is 30.5 Å². The van der Waals surface area contributed by atoms with Crippen LogP contribution >= 0.6 is 15.9 Å². The fraction of sp³-hybridized carbons (Fsp3) is 0.462. The quantitative estimate of drug-likeness (QED) is 0.805. The second kappa shape index (κ2) is 6.20. The summed E-state index contributed by atoms with van der Waals surface area (Å²) in [5.74, 6) is 0.310. The number of carbonyl (C=O) groups is 1. The summed E-state index contributed by atoms with van der Waals surface area (Å²) in [6.45, 7) is 1.45. The van der Waals surface area contributed by atoms with E-state index in [9.17, 15) is 4.79 Å². The minimum Gasteiger partial charge on any atom is -0.490 e. The molecule has 18 heavy (non-hydrogen) atoms. The lowest BCUT2D eigenvalue weighted by Gasteiger charge is -2.23. The van der Waals surface area contributed by atoms with Gasteiger partial charge in [-0.3, -0.25) is 0 Å². The van der Waals surface area contributed by atoms with Crippen LogP contribution in [-0.4, -0.2) is 32.4 Å². The van der Waals surface area contributed by atoms with Gasteiger partial charge in [0, 0.05) is 17.3 Å². The van der Waals surface area contributed by atoms with Crippen molar-refractivity contribution in [2.45, 2.75) is 18.9 Å². The van der Waals surface area contributed by atoms with E-state index in [1.165, 1.54) is 7.11 Å². The first-order valence-corrected chi connectivity index (χ1v) is 6.61. The van der Waals surface area contributed by atoms with Gasteiger partial charge in [0.25, 0.3) is 0 Å². The molecular weight excluding hydrogens is 300 g/mol. The van der Waals surface area contributed by atoms with E-state index in [1.807, 2.05) is 6.07 Å². The monoisotopic (exact) mass is 314 g/mol. The molecule has 0 atom stereocenters. The van der Waals surface area contributed by atoms with Gasteiger partial charge in [-0.2, -0.15) is 0 Å². The summed E-state index contributed by atoms with van der Waals surface area (Å²) in [7, 11) is 1.36. The SMILES string of the molecule is COC(=O)c1cc(Br)cc(OC2CCOCC2)c1. The van der Waals surface area contributed by atoms with E-state index in [1.54, 1.807) is 12.1 Å². The van der Waals surface area contributed by atoms with Gasteiger partial charge in [-0.1, -0.05) is 15.9 Å². The average molecular weight is 315 g/mol. The number of esters is 1. The zero-order chi connectivity index (χ0) is 13.0. The predicted octanol–water partition coefficient (Wildman–Crippen LogP) is 2.79. The molecule has 0 radical (unpaired) electrons. The van der Waals surface area contributed by atoms with Crippen LogP contribution in [0.25, 0.3) is 0 Å². The van der Waals surface area contributed by atoms with Crippen LogP contribution in [0.4, 0.5) is 0 Å². The summed E-state index contributed by atoms with van der Waals surface area (Å²) in [5, 5.41) is 0. The van der Waals surface area contributed by atoms with Gasteiger partial charge in [0.05, 0.1) is 25.9 Å². The smallest absolute Gasteiger partial charge is 0.338 e. The molecule has 0 aromatic heterocycles. The standard InChI is InChI=1S/C13H15BrO4/c1-16-13(15)9-6-10(14)8-12(7-9)18-11-2-4-17-5-3-11/h6-8,11H,2-5H2,1H3. The van der Waals surface area contributed by atoms with Crippen LogP contribution in [0.15, 0.2) is 22.7 Å². The second-order valence-corrected chi connectivity index (χ2v) is 5.01. The van der Waals surface area contributed by atoms with E-state index in [0.29, 0.717) is 11.3 Å². The van der Waals surface area contributed by atoms with Crippen molar-refractivity contribution in [3.63, 3.8) is 0 Å². The molecule has 2 rings (SSSR count). The Bertz CT molecular complexity index is 427. The predicted molar refractivity (Wildman–Crippen MR) is 70.0 cm³/mol. The minimum absolute atomic E-state index is 0.151. The summed E-state index contributed by atoms with van der Waals surface area (Å²) in [5.41, 5.74) is 0.480. The van der Waals surface area contributed by atoms with Crippen molar-refractivity contribution >= 4 is 21.9 Å². The van der Waals surface area contributed by atoms with Gasteiger partial charge in [0.2, 0.25) is 0 Å². The zero-order valence-corrected chi connectivity index (χ0v) is 11.7. The van der Waals surface area contributed by atoms with Gasteiger partial charge in [-0.05, 0) is 18.2 Å². The zero-order valence-electron chi connectivity index (χ0n) is 10.1. The molecule has 0 amide bonds. The Balaban J connectivity index is 2.11. The molecule has 1 aliphatic rings. The van der Waals surface area contributed by atoms with Gasteiger partial charge in [0.15, 0.2) is 0 Å². The number of benzene rings is 1. The van der Waals surface area contributed by atoms with Crippen LogP contribution < -0.4 is 4.74 Å². The molecule has 0 spiro atoms. The van der Waals surface area contributed by atoms with Crippen LogP contribution in [-0.2, 0) is 9.47 Å². The topological polar surface area (TPSA) is 44.8 Å². The van der Waals surface area contributed by atoms with Gasteiger partial charge >= 0.3 is 5.97 Å². The lowest BCUT2D eigenvalue weighted by Crippen LogP contribution is -2.25. The highest BCUT2D eigenvalue weighted by Gasteiger charge is 2.16. The lowest BCUT2D eigenvalue weighted by molar-refractivity contribution is 0.0254. The fourth-order valence-corrected chi connectivity index (χ4v) is 2.32. The van der Waals surface area contributed by atoms with E-state index >= 15 is 0 Å². The van der Waals surface area contributed by atoms with Gasteiger partial charge in [-0.25, -0.2) is 4.79 Å². The molecule has 1 aromatic carbocycles. The number of methoxy groups -OCH3 is 1. The Morgan fingerprint density at radius 1 is 1.33 bits per heavy atom. The first-order chi connectivity index (χ1) is 8.69. The van der Waals surface area contributed by atoms with Crippen LogP contribution in [0.3, 0.4) is 0 Å². The van der Waals surface area contributed by atoms with Crippen molar-refractivity contribution in [1.82, 2.24) is 0 Å². The van der Waals surface area contributed by atoms with E-state index < -0.39 is 0 Å². The molecule has 5 heteroatoms. The van der Waals surface area contributed by atoms with Gasteiger partial charge in [-0.15, -0.1) is 0 Å². The molecule has 0 N–H and O–H groups in total. The molecule has 1 aromatic rings. The number of hydrogen-bond donors (Lipinski definition) is 0. The first-order valence-electron chi connectivity index (χ1n) is 5.82. The van der Waals surface area contributed by atoms with Crippen LogP contribution in [0, 0.1) is 0 Å². The molecule has 0 unspecified atom stereocenters. The second-order valence-electron chi connectivity index (χ2n) is 4.10. The molecule has 1 aliphatic heterocycles. The Morgan fingerprint density at radius 3 is 2.72 bits per heavy atom. The third kappa shape index (κ3) is 3.46. The molecule has 98 valence electrons. The minimum atomic E-state index is -0.367. The van der Waals surface area contributed by atoms with Crippen molar-refractivity contribution in [3.05, 3.63) is 28.2 Å². The lowest BCUT2D eigenvalue weighted by atomic mass is 10.1. The summed E-state index contributed by atoms with van der Waals surface area (Å²) >= 11 is 3.36. The third-order valence-electron chi connectivity index (χ3n) is 2.76. The molecule has 0 aliphatic carbocycles. The maximum atomic E-state index is 11.5. The van der Waals surface area contributed by atoms with Crippen LogP contribution in [0.5, 0.6) is 5.75 Å². The van der Waals surface area contributed by atoms with Crippen LogP contribution in [0.1, 0.15) is 23.2 Å². The molecule has 0 saturated carbocycles. The fourth-order valence-electron chi connectivity index (χ4n) is 1.85. The molecule has 1 saturated heterocycles. The number of rotatable bonds is 3. The highest BCUT2D eigenvalue weighted by molar-refractivity contribution is 9.10. The molecular formula is C13H15BrO4. The Morgan fingerprint density at radius 2 is 2.06 bits per heavy atom. The number of ether oxygens (including phenoxy) is 3. The van der Waals surface area contributed by atoms with E-state index in [4.69, 9.17) is 14.2 Å². The highest BCUT2D eigenvalue weighted by Crippen LogP contribution is 2.24. The van der Waals surface area contributed by atoms with Gasteiger partial charge in [0.1, 0.15) is 11.9 Å². The molecule has 0 bridgehead atoms. The van der Waals surface area contributed by atoms with Crippen molar-refractivity contribution in [2.24, 2.45) is 0 Å². The summed E-state index contributed by atoms with van der Waals surface area (Å²) < 4.78 is 16.6. The van der Waals surface area contributed by atoms with E-state index in [-0.39, 0.29) is 12.1 Å². The number of halogens is 1. The number of carbonyl (C=O) groups excluding carboxylic acids is 1.